The summed E-state index contributed by atoms with van der Waals surface area (Å²) in [5.74, 6) is 0.450. The number of anilines is 1. The van der Waals surface area contributed by atoms with Crippen molar-refractivity contribution in [3.05, 3.63) is 44.7 Å². The number of thiocarbonyl (C=S) groups is 1. The van der Waals surface area contributed by atoms with E-state index in [1.807, 2.05) is 19.1 Å². The lowest BCUT2D eigenvalue weighted by molar-refractivity contribution is -0.122. The van der Waals surface area contributed by atoms with E-state index in [1.54, 1.807) is 21.6 Å². The molecule has 1 amide bonds. The van der Waals surface area contributed by atoms with Crippen molar-refractivity contribution in [3.8, 4) is 0 Å². The zero-order chi connectivity index (χ0) is 21.3. The lowest BCUT2D eigenvalue weighted by Gasteiger charge is -2.29. The predicted molar refractivity (Wildman–Crippen MR) is 124 cm³/mol. The van der Waals surface area contributed by atoms with Crippen molar-refractivity contribution in [2.45, 2.75) is 26.7 Å². The van der Waals surface area contributed by atoms with E-state index in [0.29, 0.717) is 59.1 Å². The highest BCUT2D eigenvalue weighted by atomic mass is 32.2. The Kier molecular flexibility index (Phi) is 6.21. The first-order valence-corrected chi connectivity index (χ1v) is 11.3. The molecule has 30 heavy (non-hydrogen) atoms. The Morgan fingerprint density at radius 2 is 2.03 bits per heavy atom. The monoisotopic (exact) mass is 444 g/mol. The number of nitrogens with zero attached hydrogens (tertiary/aromatic N) is 4. The fraction of sp³-hybridized carbons (Fsp3) is 0.429. The summed E-state index contributed by atoms with van der Waals surface area (Å²) in [5.41, 5.74) is 1.77. The first-order chi connectivity index (χ1) is 14.5. The minimum atomic E-state index is -0.191. The zero-order valence-electron chi connectivity index (χ0n) is 17.1. The Balaban J connectivity index is 1.83. The van der Waals surface area contributed by atoms with Crippen LogP contribution in [0.4, 0.5) is 5.82 Å². The SMILES string of the molecule is CCCCN1C(=O)C(=Cc2c(N3CCOCC3)nc3ccc(C)cn3c2=O)SC1=S. The van der Waals surface area contributed by atoms with E-state index in [-0.39, 0.29) is 11.5 Å². The van der Waals surface area contributed by atoms with Crippen molar-refractivity contribution >= 4 is 51.7 Å². The summed E-state index contributed by atoms with van der Waals surface area (Å²) in [6.07, 6.45) is 5.31. The van der Waals surface area contributed by atoms with Gasteiger partial charge in [0, 0.05) is 25.8 Å². The van der Waals surface area contributed by atoms with Gasteiger partial charge in [-0.25, -0.2) is 4.98 Å². The number of carbonyl (C=O) groups excluding carboxylic acids is 1. The summed E-state index contributed by atoms with van der Waals surface area (Å²) >= 11 is 6.66. The van der Waals surface area contributed by atoms with Gasteiger partial charge in [0.25, 0.3) is 11.5 Å². The van der Waals surface area contributed by atoms with Crippen LogP contribution in [0.15, 0.2) is 28.0 Å². The van der Waals surface area contributed by atoms with Crippen LogP contribution in [-0.4, -0.2) is 57.4 Å². The number of carbonyl (C=O) groups is 1. The van der Waals surface area contributed by atoms with Gasteiger partial charge in [-0.05, 0) is 31.1 Å². The molecule has 4 heterocycles. The number of morpholine rings is 1. The van der Waals surface area contributed by atoms with Crippen LogP contribution >= 0.6 is 24.0 Å². The maximum atomic E-state index is 13.4. The molecule has 2 aliphatic rings. The number of aryl methyl sites for hydroxylation is 1. The van der Waals surface area contributed by atoms with E-state index in [9.17, 15) is 9.59 Å². The average Bonchev–Trinajstić information content (AvgIpc) is 3.02. The topological polar surface area (TPSA) is 67.2 Å². The molecule has 2 fully saturated rings. The van der Waals surface area contributed by atoms with Crippen molar-refractivity contribution in [1.82, 2.24) is 14.3 Å². The number of thioether (sulfide) groups is 1. The highest BCUT2D eigenvalue weighted by Crippen LogP contribution is 2.33. The summed E-state index contributed by atoms with van der Waals surface area (Å²) in [6, 6.07) is 3.78. The minimum Gasteiger partial charge on any atom is -0.378 e. The molecule has 0 saturated carbocycles. The summed E-state index contributed by atoms with van der Waals surface area (Å²) in [7, 11) is 0. The molecule has 0 aromatic carbocycles. The molecule has 2 saturated heterocycles. The third-order valence-corrected chi connectivity index (χ3v) is 6.56. The van der Waals surface area contributed by atoms with Crippen molar-refractivity contribution in [1.29, 1.82) is 0 Å². The Morgan fingerprint density at radius 3 is 2.77 bits per heavy atom. The van der Waals surface area contributed by atoms with Crippen LogP contribution in [0, 0.1) is 6.92 Å². The van der Waals surface area contributed by atoms with Crippen LogP contribution in [0.25, 0.3) is 11.7 Å². The fourth-order valence-electron chi connectivity index (χ4n) is 3.53. The number of aromatic nitrogens is 2. The van der Waals surface area contributed by atoms with Crippen molar-refractivity contribution in [2.24, 2.45) is 0 Å². The number of ether oxygens (including phenoxy) is 1. The molecule has 0 atom stereocenters. The molecule has 0 unspecified atom stereocenters. The van der Waals surface area contributed by atoms with E-state index in [0.717, 1.165) is 18.4 Å². The maximum Gasteiger partial charge on any atom is 0.267 e. The normalized spacial score (nSPS) is 18.8. The smallest absolute Gasteiger partial charge is 0.267 e. The van der Waals surface area contributed by atoms with Crippen molar-refractivity contribution < 1.29 is 9.53 Å². The second-order valence-electron chi connectivity index (χ2n) is 7.38. The number of pyridine rings is 1. The quantitative estimate of drug-likeness (QED) is 0.519. The second-order valence-corrected chi connectivity index (χ2v) is 9.05. The van der Waals surface area contributed by atoms with Crippen LogP contribution in [0.5, 0.6) is 0 Å². The number of hydrogen-bond donors (Lipinski definition) is 0. The van der Waals surface area contributed by atoms with Gasteiger partial charge < -0.3 is 9.64 Å². The Bertz CT molecular complexity index is 1090. The predicted octanol–water partition coefficient (Wildman–Crippen LogP) is 2.84. The maximum absolute atomic E-state index is 13.4. The van der Waals surface area contributed by atoms with Gasteiger partial charge >= 0.3 is 0 Å². The molecular formula is C21H24N4O3S2. The molecule has 2 aromatic heterocycles. The highest BCUT2D eigenvalue weighted by molar-refractivity contribution is 8.26. The Morgan fingerprint density at radius 1 is 1.27 bits per heavy atom. The molecule has 158 valence electrons. The molecule has 2 aliphatic heterocycles. The standard InChI is InChI=1S/C21H24N4O3S2/c1-3-4-7-24-20(27)16(30-21(24)29)12-15-18(23-8-10-28-11-9-23)22-17-6-5-14(2)13-25(17)19(15)26/h5-6,12-13H,3-4,7-11H2,1-2H3. The molecule has 4 rings (SSSR count). The fourth-order valence-corrected chi connectivity index (χ4v) is 4.82. The van der Waals surface area contributed by atoms with E-state index in [1.165, 1.54) is 11.8 Å². The third kappa shape index (κ3) is 4.01. The van der Waals surface area contributed by atoms with Crippen LogP contribution in [0.1, 0.15) is 30.9 Å². The number of unbranched alkanes of at least 4 members (excludes halogenated alkanes) is 1. The highest BCUT2D eigenvalue weighted by Gasteiger charge is 2.32. The average molecular weight is 445 g/mol. The van der Waals surface area contributed by atoms with Crippen LogP contribution in [0.2, 0.25) is 0 Å². The molecule has 7 nitrogen and oxygen atoms in total. The second kappa shape index (κ2) is 8.87. The van der Waals surface area contributed by atoms with Gasteiger partial charge in [0.2, 0.25) is 0 Å². The van der Waals surface area contributed by atoms with Gasteiger partial charge in [-0.1, -0.05) is 43.4 Å². The molecule has 2 aromatic rings. The van der Waals surface area contributed by atoms with Gasteiger partial charge in [0.15, 0.2) is 0 Å². The number of rotatable bonds is 5. The first-order valence-electron chi connectivity index (χ1n) is 10.1. The Hall–Kier alpha value is -2.23. The molecule has 0 aliphatic carbocycles. The van der Waals surface area contributed by atoms with Gasteiger partial charge in [-0.15, -0.1) is 0 Å². The summed E-state index contributed by atoms with van der Waals surface area (Å²) in [5, 5.41) is 0. The third-order valence-electron chi connectivity index (χ3n) is 5.18. The molecule has 0 radical (unpaired) electrons. The zero-order valence-corrected chi connectivity index (χ0v) is 18.7. The van der Waals surface area contributed by atoms with Crippen LogP contribution in [0.3, 0.4) is 0 Å². The summed E-state index contributed by atoms with van der Waals surface area (Å²) in [4.78, 5) is 35.3. The number of amides is 1. The van der Waals surface area contributed by atoms with Gasteiger partial charge in [-0.3, -0.25) is 18.9 Å². The van der Waals surface area contributed by atoms with E-state index in [2.05, 4.69) is 11.8 Å². The summed E-state index contributed by atoms with van der Waals surface area (Å²) in [6.45, 7) is 7.05. The van der Waals surface area contributed by atoms with E-state index < -0.39 is 0 Å². The van der Waals surface area contributed by atoms with E-state index in [4.69, 9.17) is 21.9 Å². The minimum absolute atomic E-state index is 0.139. The van der Waals surface area contributed by atoms with E-state index >= 15 is 0 Å². The lowest BCUT2D eigenvalue weighted by atomic mass is 10.2. The van der Waals surface area contributed by atoms with Gasteiger partial charge in [0.05, 0.1) is 23.7 Å². The number of fused-ring (bicyclic) bond motifs is 1. The van der Waals surface area contributed by atoms with Crippen molar-refractivity contribution in [3.63, 3.8) is 0 Å². The first kappa shape index (κ1) is 21.0. The lowest BCUT2D eigenvalue weighted by Crippen LogP contribution is -2.38. The van der Waals surface area contributed by atoms with Crippen LogP contribution < -0.4 is 10.5 Å². The molecule has 0 bridgehead atoms. The molecule has 0 N–H and O–H groups in total. The van der Waals surface area contributed by atoms with Gasteiger partial charge in [-0.2, -0.15) is 0 Å². The molecular weight excluding hydrogens is 420 g/mol. The van der Waals surface area contributed by atoms with Crippen molar-refractivity contribution in [2.75, 3.05) is 37.7 Å². The number of hydrogen-bond acceptors (Lipinski definition) is 7. The molecule has 0 spiro atoms. The molecule has 9 heteroatoms. The largest absolute Gasteiger partial charge is 0.378 e. The Labute approximate surface area is 184 Å². The van der Waals surface area contributed by atoms with Gasteiger partial charge in [0.1, 0.15) is 15.8 Å². The van der Waals surface area contributed by atoms with Crippen LogP contribution in [-0.2, 0) is 9.53 Å². The summed E-state index contributed by atoms with van der Waals surface area (Å²) < 4.78 is 7.54.